The summed E-state index contributed by atoms with van der Waals surface area (Å²) < 4.78 is 0. The average Bonchev–Trinajstić information content (AvgIpc) is 0.734. The second kappa shape index (κ2) is 27.9. The van der Waals surface area contributed by atoms with Gasteiger partial charge in [-0.3, -0.25) is 0 Å². The highest BCUT2D eigenvalue weighted by molar-refractivity contribution is 6.36. The molecule has 0 radical (unpaired) electrons. The number of pyridine rings is 1. The monoisotopic (exact) mass is 1520 g/mol. The van der Waals surface area contributed by atoms with E-state index in [-0.39, 0.29) is 0 Å². The van der Waals surface area contributed by atoms with Crippen LogP contribution in [0.2, 0.25) is 0 Å². The molecule has 544 valence electrons. The van der Waals surface area contributed by atoms with Crippen LogP contribution in [0, 0.1) is 90.6 Å². The fourth-order valence-electron chi connectivity index (χ4n) is 17.6. The lowest BCUT2D eigenvalue weighted by atomic mass is 9.88. The highest BCUT2D eigenvalue weighted by atomic mass is 15.0. The number of nitrogens with zero attached hydrogens (tertiary/aromatic N) is 15. The molecule has 4 heterocycles. The van der Waals surface area contributed by atoms with E-state index in [0.29, 0.717) is 66.8 Å². The van der Waals surface area contributed by atoms with Gasteiger partial charge in [0.25, 0.3) is 0 Å². The number of hydrogen-bond donors (Lipinski definition) is 0. The van der Waals surface area contributed by atoms with Gasteiger partial charge >= 0.3 is 0 Å². The van der Waals surface area contributed by atoms with Gasteiger partial charge in [0.05, 0.1) is 83.1 Å². The SMILES string of the molecule is N#Cc1cc2c(cc1C#N)c1ccc3ccccc3c1c1cc3ccccc3cc21.N#Cc1cc2c(cc1C#N)c1nc3ccccc3cc1c1c3ccccc3ccc21.N#Cc1cc2c(cc1C#N)c1nc3ccccc3nc1c1c3ccccc3ccc21.N#Cc1cc2c(cc1C#N)c1nc3nccnc3nc1c1c3ccccc3ccc21. The van der Waals surface area contributed by atoms with Gasteiger partial charge < -0.3 is 0 Å². The number of para-hydroxylation sites is 3. The standard InChI is InChI=1S/C28H14N2.C27H13N3.C26H12N4.C24H10N6/c29-15-20-13-24-23-10-9-17-5-3-4-8-22(17)28(23)27-12-19-7-2-1-6-18(19)11-26(27)25(24)14-21(20)16-30;28-14-18-12-22-21-10-9-16-5-1-3-7-20(16)26(21)24-11-17-6-2-4-8-25(17)30-27(24)23(22)13-19(18)15-29;27-13-16-11-20-19-10-9-15-5-1-2-6-18(15)24(19)26-25(21(20)12-17(16)14-28)29-22-7-3-4-8-23(22)30-26;25-11-14-9-18-17-6-5-13-3-1-2-4-16(13)20(17)22-21(19(18)10-15(14)12-26)29-23-24(30-22)28-8-7-27-23/h1-14H;1-13H;1-12H;1-10H. The van der Waals surface area contributed by atoms with Gasteiger partial charge in [-0.05, 0) is 209 Å². The molecule has 0 spiro atoms. The smallest absolute Gasteiger partial charge is 0.198 e. The summed E-state index contributed by atoms with van der Waals surface area (Å²) in [6.45, 7) is 0. The van der Waals surface area contributed by atoms with Crippen LogP contribution in [0.3, 0.4) is 0 Å². The Kier molecular flexibility index (Phi) is 16.3. The number of fused-ring (bicyclic) bond motifs is 36. The van der Waals surface area contributed by atoms with Crippen LogP contribution in [-0.2, 0) is 0 Å². The van der Waals surface area contributed by atoms with Gasteiger partial charge in [0.15, 0.2) is 11.3 Å². The summed E-state index contributed by atoms with van der Waals surface area (Å²) >= 11 is 0. The molecule has 0 aliphatic heterocycles. The van der Waals surface area contributed by atoms with Crippen LogP contribution in [-0.4, -0.2) is 34.9 Å². The van der Waals surface area contributed by atoms with Crippen LogP contribution in [0.5, 0.6) is 0 Å². The maximum Gasteiger partial charge on any atom is 0.198 e. The van der Waals surface area contributed by atoms with Crippen molar-refractivity contribution in [2.75, 3.05) is 0 Å². The number of hydrogen-bond acceptors (Lipinski definition) is 15. The van der Waals surface area contributed by atoms with E-state index in [9.17, 15) is 42.1 Å². The van der Waals surface area contributed by atoms with Crippen LogP contribution in [0.1, 0.15) is 44.5 Å². The molecule has 0 saturated carbocycles. The van der Waals surface area contributed by atoms with E-state index in [1.54, 1.807) is 36.7 Å². The van der Waals surface area contributed by atoms with Crippen molar-refractivity contribution in [1.29, 1.82) is 42.1 Å². The molecule has 0 aliphatic rings. The average molecular weight is 1520 g/mol. The van der Waals surface area contributed by atoms with E-state index in [0.717, 1.165) is 168 Å². The van der Waals surface area contributed by atoms with Crippen LogP contribution >= 0.6 is 0 Å². The van der Waals surface area contributed by atoms with Gasteiger partial charge in [-0.15, -0.1) is 0 Å². The van der Waals surface area contributed by atoms with Crippen LogP contribution in [0.25, 0.3) is 217 Å². The predicted molar refractivity (Wildman–Crippen MR) is 478 cm³/mol. The summed E-state index contributed by atoms with van der Waals surface area (Å²) in [6.07, 6.45) is 3.17. The molecule has 24 aromatic rings. The molecule has 0 N–H and O–H groups in total. The zero-order valence-corrected chi connectivity index (χ0v) is 63.0. The molecule has 0 saturated heterocycles. The Bertz CT molecular complexity index is 8000. The van der Waals surface area contributed by atoms with Crippen molar-refractivity contribution >= 4 is 217 Å². The predicted octanol–water partition coefficient (Wildman–Crippen LogP) is 24.5. The van der Waals surface area contributed by atoms with Crippen LogP contribution < -0.4 is 0 Å². The zero-order valence-electron chi connectivity index (χ0n) is 63.0. The van der Waals surface area contributed by atoms with Gasteiger partial charge in [-0.2, -0.15) is 42.1 Å². The summed E-state index contributed by atoms with van der Waals surface area (Å²) in [5.74, 6) is 0. The number of benzene rings is 20. The second-order valence-electron chi connectivity index (χ2n) is 29.4. The van der Waals surface area contributed by atoms with Gasteiger partial charge in [0.2, 0.25) is 0 Å². The highest BCUT2D eigenvalue weighted by Gasteiger charge is 2.23. The minimum absolute atomic E-state index is 0.312. The fourth-order valence-corrected chi connectivity index (χ4v) is 17.6. The first-order valence-electron chi connectivity index (χ1n) is 38.4. The van der Waals surface area contributed by atoms with Crippen molar-refractivity contribution in [1.82, 2.24) is 34.9 Å². The largest absolute Gasteiger partial charge is 0.247 e. The van der Waals surface area contributed by atoms with Gasteiger partial charge in [0, 0.05) is 50.1 Å². The molecule has 4 aromatic heterocycles. The third-order valence-electron chi connectivity index (χ3n) is 23.0. The van der Waals surface area contributed by atoms with Gasteiger partial charge in [0.1, 0.15) is 54.1 Å². The Morgan fingerprint density at radius 2 is 0.425 bits per heavy atom. The lowest BCUT2D eigenvalue weighted by Crippen LogP contribution is -1.96. The van der Waals surface area contributed by atoms with Crippen molar-refractivity contribution in [3.8, 4) is 48.6 Å². The van der Waals surface area contributed by atoms with E-state index >= 15 is 0 Å². The molecule has 0 atom stereocenters. The van der Waals surface area contributed by atoms with E-state index in [2.05, 4.69) is 204 Å². The third-order valence-corrected chi connectivity index (χ3v) is 23.0. The third kappa shape index (κ3) is 11.0. The van der Waals surface area contributed by atoms with Crippen molar-refractivity contribution < 1.29 is 0 Å². The first-order chi connectivity index (χ1) is 59.1. The van der Waals surface area contributed by atoms with Crippen molar-refractivity contribution in [3.05, 3.63) is 342 Å². The van der Waals surface area contributed by atoms with Gasteiger partial charge in [-0.1, -0.05) is 200 Å². The second-order valence-corrected chi connectivity index (χ2v) is 29.4. The van der Waals surface area contributed by atoms with Crippen molar-refractivity contribution in [2.24, 2.45) is 0 Å². The first kappa shape index (κ1) is 69.8. The van der Waals surface area contributed by atoms with Gasteiger partial charge in [-0.25, -0.2) is 34.9 Å². The maximum atomic E-state index is 9.61. The van der Waals surface area contributed by atoms with E-state index < -0.39 is 0 Å². The molecule has 15 nitrogen and oxygen atoms in total. The lowest BCUT2D eigenvalue weighted by molar-refractivity contribution is 1.20. The normalized spacial score (nSPS) is 11.3. The Morgan fingerprint density at radius 3 is 0.842 bits per heavy atom. The molecular formula is C105H49N15. The zero-order chi connectivity index (χ0) is 81.0. The Labute approximate surface area is 680 Å². The van der Waals surface area contributed by atoms with Crippen molar-refractivity contribution in [3.63, 3.8) is 0 Å². The summed E-state index contributed by atoms with van der Waals surface area (Å²) in [6, 6.07) is 112. The Balaban J connectivity index is 0.0000000990. The molecule has 15 heteroatoms. The minimum Gasteiger partial charge on any atom is -0.247 e. The molecule has 0 fully saturated rings. The molecule has 20 aromatic carbocycles. The number of nitriles is 8. The van der Waals surface area contributed by atoms with Crippen LogP contribution in [0.15, 0.2) is 298 Å². The first-order valence-corrected chi connectivity index (χ1v) is 38.4. The molecule has 0 bridgehead atoms. The fraction of sp³-hybridized carbons (Fsp3) is 0. The molecule has 120 heavy (non-hydrogen) atoms. The quantitative estimate of drug-likeness (QED) is 0.101. The Hall–Kier alpha value is -18.1. The molecule has 24 rings (SSSR count). The van der Waals surface area contributed by atoms with E-state index in [4.69, 9.17) is 24.9 Å². The minimum atomic E-state index is 0.312. The summed E-state index contributed by atoms with van der Waals surface area (Å²) in [7, 11) is 0. The number of rotatable bonds is 0. The van der Waals surface area contributed by atoms with E-state index in [1.165, 1.54) is 26.9 Å². The Morgan fingerprint density at radius 1 is 0.167 bits per heavy atom. The highest BCUT2D eigenvalue weighted by Crippen LogP contribution is 2.46. The summed E-state index contributed by atoms with van der Waals surface area (Å²) in [4.78, 5) is 33.2. The summed E-state index contributed by atoms with van der Waals surface area (Å²) in [5, 5.41) is 108. The number of aromatic nitrogens is 7. The summed E-state index contributed by atoms with van der Waals surface area (Å²) in [5.41, 5.74) is 10.2. The molecule has 0 amide bonds. The molecule has 0 unspecified atom stereocenters. The molecule has 0 aliphatic carbocycles. The van der Waals surface area contributed by atoms with Crippen molar-refractivity contribution in [2.45, 2.75) is 0 Å². The van der Waals surface area contributed by atoms with Crippen LogP contribution in [0.4, 0.5) is 0 Å². The molecular weight excluding hydrogens is 1470 g/mol. The topological polar surface area (TPSA) is 281 Å². The lowest BCUT2D eigenvalue weighted by Gasteiger charge is -2.14. The maximum absolute atomic E-state index is 9.61. The van der Waals surface area contributed by atoms with E-state index in [1.807, 2.05) is 115 Å².